The summed E-state index contributed by atoms with van der Waals surface area (Å²) in [5.41, 5.74) is 5.50. The summed E-state index contributed by atoms with van der Waals surface area (Å²) < 4.78 is 0. The first-order valence-corrected chi connectivity index (χ1v) is 6.75. The molecule has 0 amide bonds. The molecule has 2 unspecified atom stereocenters. The number of hydrogen-bond acceptors (Lipinski definition) is 3. The lowest BCUT2D eigenvalue weighted by atomic mass is 9.86. The van der Waals surface area contributed by atoms with E-state index in [0.717, 1.165) is 24.8 Å². The second-order valence-corrected chi connectivity index (χ2v) is 6.30. The van der Waals surface area contributed by atoms with Crippen LogP contribution in [0.25, 0.3) is 0 Å². The average molecular weight is 239 g/mol. The van der Waals surface area contributed by atoms with E-state index in [4.69, 9.17) is 10.9 Å². The van der Waals surface area contributed by atoms with Gasteiger partial charge in [0.15, 0.2) is 0 Å². The van der Waals surface area contributed by atoms with Crippen LogP contribution in [0.2, 0.25) is 0 Å². The van der Waals surface area contributed by atoms with Crippen LogP contribution in [0.4, 0.5) is 0 Å². The number of oxime groups is 1. The van der Waals surface area contributed by atoms with Crippen molar-refractivity contribution >= 4 is 5.84 Å². The number of hydrogen-bond donors (Lipinski definition) is 2. The molecule has 1 aliphatic carbocycles. The molecule has 3 N–H and O–H groups in total. The van der Waals surface area contributed by atoms with Crippen molar-refractivity contribution in [1.82, 2.24) is 4.90 Å². The molecule has 1 aliphatic heterocycles. The highest BCUT2D eigenvalue weighted by Crippen LogP contribution is 2.37. The minimum atomic E-state index is -0.187. The predicted octanol–water partition coefficient (Wildman–Crippen LogP) is 2.02. The van der Waals surface area contributed by atoms with Crippen LogP contribution in [-0.2, 0) is 0 Å². The Balaban J connectivity index is 1.73. The molecule has 2 aliphatic rings. The Morgan fingerprint density at radius 3 is 2.76 bits per heavy atom. The third kappa shape index (κ3) is 2.73. The maximum absolute atomic E-state index is 8.72. The number of rotatable bonds is 5. The Kier molecular flexibility index (Phi) is 3.61. The highest BCUT2D eigenvalue weighted by molar-refractivity contribution is 5.85. The van der Waals surface area contributed by atoms with E-state index in [1.807, 2.05) is 13.8 Å². The van der Waals surface area contributed by atoms with E-state index in [2.05, 4.69) is 10.1 Å². The van der Waals surface area contributed by atoms with E-state index in [1.165, 1.54) is 32.4 Å². The lowest BCUT2D eigenvalue weighted by molar-refractivity contribution is 0.203. The molecule has 1 saturated heterocycles. The first-order valence-electron chi connectivity index (χ1n) is 6.75. The van der Waals surface area contributed by atoms with Crippen LogP contribution in [0.15, 0.2) is 5.16 Å². The third-order valence-corrected chi connectivity index (χ3v) is 4.57. The lowest BCUT2D eigenvalue weighted by Crippen LogP contribution is -2.35. The van der Waals surface area contributed by atoms with Gasteiger partial charge >= 0.3 is 0 Å². The van der Waals surface area contributed by atoms with Gasteiger partial charge in [0.2, 0.25) is 0 Å². The van der Waals surface area contributed by atoms with Gasteiger partial charge in [-0.05, 0) is 44.6 Å². The summed E-state index contributed by atoms with van der Waals surface area (Å²) in [7, 11) is 0. The summed E-state index contributed by atoms with van der Waals surface area (Å²) in [6.45, 7) is 6.55. The molecule has 17 heavy (non-hydrogen) atoms. The van der Waals surface area contributed by atoms with Crippen molar-refractivity contribution in [1.29, 1.82) is 0 Å². The summed E-state index contributed by atoms with van der Waals surface area (Å²) in [5.74, 6) is 1.32. The van der Waals surface area contributed by atoms with Gasteiger partial charge in [-0.2, -0.15) is 0 Å². The maximum Gasteiger partial charge on any atom is 0.144 e. The van der Waals surface area contributed by atoms with Gasteiger partial charge in [-0.3, -0.25) is 0 Å². The minimum absolute atomic E-state index is 0.187. The van der Waals surface area contributed by atoms with E-state index < -0.39 is 0 Å². The van der Waals surface area contributed by atoms with Gasteiger partial charge in [-0.25, -0.2) is 0 Å². The molecule has 0 aromatic carbocycles. The highest BCUT2D eigenvalue weighted by Gasteiger charge is 2.37. The van der Waals surface area contributed by atoms with E-state index in [0.29, 0.717) is 5.84 Å². The molecule has 2 rings (SSSR count). The van der Waals surface area contributed by atoms with Crippen molar-refractivity contribution in [3.8, 4) is 0 Å². The van der Waals surface area contributed by atoms with E-state index in [9.17, 15) is 0 Å². The first kappa shape index (κ1) is 12.7. The SMILES string of the molecule is CC(C)(CCCN1CC2CCC1C2)C(N)=NO. The van der Waals surface area contributed by atoms with Gasteiger partial charge in [-0.15, -0.1) is 0 Å². The van der Waals surface area contributed by atoms with Crippen LogP contribution in [0.1, 0.15) is 46.0 Å². The molecule has 2 fully saturated rings. The summed E-state index contributed by atoms with van der Waals surface area (Å²) in [6.07, 6.45) is 6.37. The topological polar surface area (TPSA) is 61.8 Å². The van der Waals surface area contributed by atoms with Crippen molar-refractivity contribution in [3.63, 3.8) is 0 Å². The number of nitrogens with two attached hydrogens (primary N) is 1. The quantitative estimate of drug-likeness (QED) is 0.334. The Morgan fingerprint density at radius 1 is 1.47 bits per heavy atom. The van der Waals surface area contributed by atoms with Crippen molar-refractivity contribution in [2.24, 2.45) is 22.2 Å². The first-order chi connectivity index (χ1) is 8.03. The zero-order valence-corrected chi connectivity index (χ0v) is 11.0. The Labute approximate surface area is 104 Å². The summed E-state index contributed by atoms with van der Waals surface area (Å²) >= 11 is 0. The molecular formula is C13H25N3O. The van der Waals surface area contributed by atoms with Gasteiger partial charge < -0.3 is 15.8 Å². The molecule has 0 aromatic rings. The normalized spacial score (nSPS) is 30.1. The predicted molar refractivity (Wildman–Crippen MR) is 69.1 cm³/mol. The fourth-order valence-corrected chi connectivity index (χ4v) is 3.29. The molecule has 4 heteroatoms. The molecule has 1 heterocycles. The number of piperidine rings is 1. The van der Waals surface area contributed by atoms with E-state index >= 15 is 0 Å². The van der Waals surface area contributed by atoms with E-state index in [-0.39, 0.29) is 5.41 Å². The monoisotopic (exact) mass is 239 g/mol. The van der Waals surface area contributed by atoms with Crippen LogP contribution >= 0.6 is 0 Å². The molecule has 2 bridgehead atoms. The fraction of sp³-hybridized carbons (Fsp3) is 0.923. The van der Waals surface area contributed by atoms with Crippen LogP contribution < -0.4 is 5.73 Å². The lowest BCUT2D eigenvalue weighted by Gasteiger charge is -2.29. The second kappa shape index (κ2) is 4.84. The molecule has 0 aromatic heterocycles. The van der Waals surface area contributed by atoms with Crippen LogP contribution in [0, 0.1) is 11.3 Å². The highest BCUT2D eigenvalue weighted by atomic mass is 16.4. The molecule has 0 spiro atoms. The Hall–Kier alpha value is -0.770. The van der Waals surface area contributed by atoms with Gasteiger partial charge in [0.25, 0.3) is 0 Å². The minimum Gasteiger partial charge on any atom is -0.409 e. The molecular weight excluding hydrogens is 214 g/mol. The van der Waals surface area contributed by atoms with Gasteiger partial charge in [0.05, 0.1) is 0 Å². The van der Waals surface area contributed by atoms with Crippen molar-refractivity contribution in [3.05, 3.63) is 0 Å². The number of amidine groups is 1. The molecule has 4 nitrogen and oxygen atoms in total. The fourth-order valence-electron chi connectivity index (χ4n) is 3.29. The Bertz CT molecular complexity index is 301. The number of likely N-dealkylation sites (tertiary alicyclic amines) is 1. The van der Waals surface area contributed by atoms with Crippen LogP contribution in [0.5, 0.6) is 0 Å². The summed E-state index contributed by atoms with van der Waals surface area (Å²) in [6, 6.07) is 0.854. The molecule has 98 valence electrons. The standard InChI is InChI=1S/C13H25N3O/c1-13(2,12(14)15-17)6-3-7-16-9-10-4-5-11(16)8-10/h10-11,17H,3-9H2,1-2H3,(H2,14,15). The zero-order chi connectivity index (χ0) is 12.5. The largest absolute Gasteiger partial charge is 0.409 e. The van der Waals surface area contributed by atoms with Crippen LogP contribution in [0.3, 0.4) is 0 Å². The molecule has 2 atom stereocenters. The molecule has 1 saturated carbocycles. The number of fused-ring (bicyclic) bond motifs is 2. The van der Waals surface area contributed by atoms with Gasteiger partial charge in [0, 0.05) is 18.0 Å². The molecule has 0 radical (unpaired) electrons. The van der Waals surface area contributed by atoms with E-state index in [1.54, 1.807) is 0 Å². The summed E-state index contributed by atoms with van der Waals surface area (Å²) in [4.78, 5) is 2.64. The van der Waals surface area contributed by atoms with Crippen molar-refractivity contribution in [2.45, 2.75) is 52.0 Å². The third-order valence-electron chi connectivity index (χ3n) is 4.57. The number of nitrogens with zero attached hydrogens (tertiary/aromatic N) is 2. The van der Waals surface area contributed by atoms with Gasteiger partial charge in [-0.1, -0.05) is 19.0 Å². The van der Waals surface area contributed by atoms with Gasteiger partial charge in [0.1, 0.15) is 5.84 Å². The van der Waals surface area contributed by atoms with Crippen molar-refractivity contribution < 1.29 is 5.21 Å². The zero-order valence-electron chi connectivity index (χ0n) is 11.0. The summed E-state index contributed by atoms with van der Waals surface area (Å²) in [5, 5.41) is 11.8. The van der Waals surface area contributed by atoms with Crippen molar-refractivity contribution in [2.75, 3.05) is 13.1 Å². The average Bonchev–Trinajstić information content (AvgIpc) is 2.89. The maximum atomic E-state index is 8.72. The van der Waals surface area contributed by atoms with Crippen LogP contribution in [-0.4, -0.2) is 35.1 Å². The Morgan fingerprint density at radius 2 is 2.24 bits per heavy atom. The smallest absolute Gasteiger partial charge is 0.144 e. The second-order valence-electron chi connectivity index (χ2n) is 6.30.